The molecule has 0 saturated heterocycles. The molecule has 0 N–H and O–H groups in total. The van der Waals surface area contributed by atoms with E-state index < -0.39 is 13.9 Å². The number of phosphoric ester groups is 1. The number of quaternary nitrogens is 1. The van der Waals surface area contributed by atoms with Gasteiger partial charge in [-0.05, 0) is 51.4 Å². The summed E-state index contributed by atoms with van der Waals surface area (Å²) in [7, 11) is 1.36. The Bertz CT molecular complexity index is 1210. The molecule has 0 saturated carbocycles. The van der Waals surface area contributed by atoms with E-state index in [4.69, 9.17) is 18.5 Å². The predicted octanol–water partition coefficient (Wildman–Crippen LogP) is 17.2. The van der Waals surface area contributed by atoms with Crippen LogP contribution >= 0.6 is 7.82 Å². The van der Waals surface area contributed by atoms with Gasteiger partial charge in [0, 0.05) is 13.0 Å². The normalized spacial score (nSPS) is 13.8. The predicted molar refractivity (Wildman–Crippen MR) is 286 cm³/mol. The largest absolute Gasteiger partial charge is 0.756 e. The van der Waals surface area contributed by atoms with Gasteiger partial charge in [-0.2, -0.15) is 0 Å². The van der Waals surface area contributed by atoms with Gasteiger partial charge >= 0.3 is 5.97 Å². The van der Waals surface area contributed by atoms with Crippen LogP contribution in [0, 0.1) is 0 Å². The molecule has 0 fully saturated rings. The number of ether oxygens (including phenoxy) is 2. The molecule has 9 heteroatoms. The zero-order chi connectivity index (χ0) is 49.0. The third kappa shape index (κ3) is 55.3. The van der Waals surface area contributed by atoms with Crippen molar-refractivity contribution in [2.75, 3.05) is 54.1 Å². The van der Waals surface area contributed by atoms with Crippen molar-refractivity contribution in [2.45, 2.75) is 264 Å². The van der Waals surface area contributed by atoms with Crippen LogP contribution in [0.15, 0.2) is 48.6 Å². The van der Waals surface area contributed by atoms with Crippen molar-refractivity contribution in [3.63, 3.8) is 0 Å². The lowest BCUT2D eigenvalue weighted by atomic mass is 10.0. The lowest BCUT2D eigenvalue weighted by Crippen LogP contribution is -2.37. The highest BCUT2D eigenvalue weighted by Crippen LogP contribution is 2.38. The van der Waals surface area contributed by atoms with E-state index in [0.717, 1.165) is 57.8 Å². The van der Waals surface area contributed by atoms with Crippen molar-refractivity contribution < 1.29 is 37.3 Å². The summed E-state index contributed by atoms with van der Waals surface area (Å²) in [6.07, 6.45) is 64.3. The average Bonchev–Trinajstić information content (AvgIpc) is 3.29. The number of unbranched alkanes of at least 4 members (excludes halogenated alkanes) is 31. The number of allylic oxidation sites excluding steroid dienone is 8. The van der Waals surface area contributed by atoms with E-state index in [9.17, 15) is 14.3 Å². The Morgan fingerprint density at radius 2 is 0.866 bits per heavy atom. The summed E-state index contributed by atoms with van der Waals surface area (Å²) in [5.74, 6) is -0.332. The maximum atomic E-state index is 12.8. The number of nitrogens with zero attached hydrogens (tertiary/aromatic N) is 1. The van der Waals surface area contributed by atoms with Crippen LogP contribution in [0.1, 0.15) is 258 Å². The minimum atomic E-state index is -4.53. The smallest absolute Gasteiger partial charge is 0.306 e. The third-order valence-electron chi connectivity index (χ3n) is 12.4. The minimum Gasteiger partial charge on any atom is -0.756 e. The topological polar surface area (TPSA) is 94.1 Å². The first-order valence-electron chi connectivity index (χ1n) is 28.4. The number of carbonyl (C=O) groups is 1. The zero-order valence-electron chi connectivity index (χ0n) is 44.9. The molecule has 0 aliphatic rings. The van der Waals surface area contributed by atoms with Crippen molar-refractivity contribution >= 4 is 13.8 Å². The van der Waals surface area contributed by atoms with Crippen LogP contribution in [0.4, 0.5) is 0 Å². The molecule has 0 amide bonds. The summed E-state index contributed by atoms with van der Waals surface area (Å²) < 4.78 is 34.9. The Morgan fingerprint density at radius 3 is 1.30 bits per heavy atom. The van der Waals surface area contributed by atoms with Crippen molar-refractivity contribution in [1.29, 1.82) is 0 Å². The van der Waals surface area contributed by atoms with Crippen LogP contribution < -0.4 is 4.89 Å². The molecule has 67 heavy (non-hydrogen) atoms. The van der Waals surface area contributed by atoms with Crippen molar-refractivity contribution in [1.82, 2.24) is 0 Å². The molecule has 2 unspecified atom stereocenters. The molecule has 0 spiro atoms. The average molecular weight is 964 g/mol. The Kier molecular flexibility index (Phi) is 49.7. The van der Waals surface area contributed by atoms with Gasteiger partial charge in [0.15, 0.2) is 0 Å². The van der Waals surface area contributed by atoms with E-state index in [1.807, 2.05) is 21.1 Å². The summed E-state index contributed by atoms with van der Waals surface area (Å²) in [4.78, 5) is 25.3. The van der Waals surface area contributed by atoms with Gasteiger partial charge < -0.3 is 27.9 Å². The fraction of sp³-hybridized carbons (Fsp3) is 0.845. The molecule has 394 valence electrons. The highest BCUT2D eigenvalue weighted by Gasteiger charge is 2.20. The van der Waals surface area contributed by atoms with Gasteiger partial charge in [0.05, 0.1) is 34.4 Å². The van der Waals surface area contributed by atoms with Crippen molar-refractivity contribution in [2.24, 2.45) is 0 Å². The summed E-state index contributed by atoms with van der Waals surface area (Å²) in [5, 5.41) is 0. The number of rotatable bonds is 53. The van der Waals surface area contributed by atoms with Crippen LogP contribution in [0.3, 0.4) is 0 Å². The molecule has 0 bridgehead atoms. The molecule has 0 heterocycles. The molecule has 2 atom stereocenters. The van der Waals surface area contributed by atoms with E-state index in [0.29, 0.717) is 24.1 Å². The first-order chi connectivity index (χ1) is 32.6. The van der Waals surface area contributed by atoms with Gasteiger partial charge in [-0.3, -0.25) is 9.36 Å². The van der Waals surface area contributed by atoms with Crippen molar-refractivity contribution in [3.8, 4) is 0 Å². The lowest BCUT2D eigenvalue weighted by molar-refractivity contribution is -0.870. The fourth-order valence-electron chi connectivity index (χ4n) is 8.07. The van der Waals surface area contributed by atoms with Crippen LogP contribution in [0.2, 0.25) is 0 Å². The molecule has 0 aliphatic carbocycles. The molecule has 0 rings (SSSR count). The van der Waals surface area contributed by atoms with Crippen LogP contribution in [0.25, 0.3) is 0 Å². The summed E-state index contributed by atoms with van der Waals surface area (Å²) >= 11 is 0. The molecule has 0 aliphatic heterocycles. The zero-order valence-corrected chi connectivity index (χ0v) is 45.7. The quantitative estimate of drug-likeness (QED) is 0.0197. The maximum absolute atomic E-state index is 12.8. The summed E-state index contributed by atoms with van der Waals surface area (Å²) in [6.45, 7) is 5.35. The number of hydrogen-bond acceptors (Lipinski definition) is 7. The number of esters is 1. The van der Waals surface area contributed by atoms with Crippen LogP contribution in [0.5, 0.6) is 0 Å². The maximum Gasteiger partial charge on any atom is 0.306 e. The standard InChI is InChI=1S/C58H110NO7P/c1-6-8-10-12-14-16-18-20-22-24-26-28-29-30-31-32-33-35-37-39-41-43-45-47-49-51-58(60)66-57(56-65-67(61,62)64-54-52-59(3,4)5)55-63-53-50-48-46-44-42-40-38-36-34-27-25-23-21-19-17-15-13-11-9-7-2/h8,10,14,16,20,22,26,28,57H,6-7,9,11-13,15,17-19,21,23-25,27,29-56H2,1-5H3/b10-8-,16-14-,22-20-,28-26-. The second-order valence-electron chi connectivity index (χ2n) is 20.3. The minimum absolute atomic E-state index is 0.0267. The van der Waals surface area contributed by atoms with E-state index in [1.165, 1.54) is 180 Å². The number of carbonyl (C=O) groups excluding carboxylic acids is 1. The Hall–Kier alpha value is -1.54. The van der Waals surface area contributed by atoms with Gasteiger partial charge in [0.25, 0.3) is 7.82 Å². The molecular weight excluding hydrogens is 854 g/mol. The fourth-order valence-corrected chi connectivity index (χ4v) is 8.80. The first kappa shape index (κ1) is 65.5. The monoisotopic (exact) mass is 964 g/mol. The van der Waals surface area contributed by atoms with E-state index in [2.05, 4.69) is 62.5 Å². The van der Waals surface area contributed by atoms with Crippen LogP contribution in [-0.4, -0.2) is 70.7 Å². The highest BCUT2D eigenvalue weighted by molar-refractivity contribution is 7.45. The van der Waals surface area contributed by atoms with E-state index in [1.54, 1.807) is 0 Å². The molecule has 0 aromatic rings. The van der Waals surface area contributed by atoms with Gasteiger partial charge in [-0.1, -0.05) is 249 Å². The summed E-state index contributed by atoms with van der Waals surface area (Å²) in [6, 6.07) is 0. The third-order valence-corrected chi connectivity index (χ3v) is 13.4. The lowest BCUT2D eigenvalue weighted by Gasteiger charge is -2.28. The van der Waals surface area contributed by atoms with Gasteiger partial charge in [0.1, 0.15) is 19.3 Å². The Morgan fingerprint density at radius 1 is 0.478 bits per heavy atom. The number of phosphoric acid groups is 1. The van der Waals surface area contributed by atoms with E-state index in [-0.39, 0.29) is 25.8 Å². The highest BCUT2D eigenvalue weighted by atomic mass is 31.2. The second-order valence-corrected chi connectivity index (χ2v) is 21.7. The van der Waals surface area contributed by atoms with Gasteiger partial charge in [0.2, 0.25) is 0 Å². The summed E-state index contributed by atoms with van der Waals surface area (Å²) in [5.41, 5.74) is 0. The Balaban J connectivity index is 4.06. The SMILES string of the molecule is CC/C=C\C/C=C\C/C=C\C/C=C\CCCCCCCCCCCCCCC(=O)OC(COCCCCCCCCCCCCCCCCCCCCCC)COP(=O)([O-])OCC[N+](C)(C)C. The molecule has 0 aromatic heterocycles. The molecule has 0 aromatic carbocycles. The molecule has 8 nitrogen and oxygen atoms in total. The number of hydrogen-bond donors (Lipinski definition) is 0. The van der Waals surface area contributed by atoms with Gasteiger partial charge in [-0.25, -0.2) is 0 Å². The first-order valence-corrected chi connectivity index (χ1v) is 29.8. The molecule has 0 radical (unpaired) electrons. The van der Waals surface area contributed by atoms with E-state index >= 15 is 0 Å². The number of likely N-dealkylation sites (N-methyl/N-ethyl adjacent to an activating group) is 1. The van der Waals surface area contributed by atoms with Gasteiger partial charge in [-0.15, -0.1) is 0 Å². The van der Waals surface area contributed by atoms with Crippen molar-refractivity contribution in [3.05, 3.63) is 48.6 Å². The second kappa shape index (κ2) is 50.8. The Labute approximate surface area is 416 Å². The molecular formula is C58H110NO7P. The van der Waals surface area contributed by atoms with Crippen LogP contribution in [-0.2, 0) is 27.9 Å².